The second-order valence-corrected chi connectivity index (χ2v) is 9.40. The maximum Gasteiger partial charge on any atom is 0.573 e. The fraction of sp³-hybridized carbons (Fsp3) is 0.538. The van der Waals surface area contributed by atoms with Crippen molar-refractivity contribution in [3.05, 3.63) is 63.7 Å². The van der Waals surface area contributed by atoms with Crippen LogP contribution in [0.15, 0.2) is 30.3 Å². The normalized spacial score (nSPS) is 27.4. The van der Waals surface area contributed by atoms with Gasteiger partial charge in [-0.3, -0.25) is 0 Å². The Kier molecular flexibility index (Phi) is 7.24. The molecule has 0 bridgehead atoms. The minimum Gasteiger partial charge on any atom is -0.406 e. The Morgan fingerprint density at radius 1 is 1.03 bits per heavy atom. The number of alkyl halides is 3. The highest BCUT2D eigenvalue weighted by Crippen LogP contribution is 2.41. The summed E-state index contributed by atoms with van der Waals surface area (Å²) in [5.74, 6) is -0.639. The summed E-state index contributed by atoms with van der Waals surface area (Å²) in [6.45, 7) is 3.47. The molecule has 1 aliphatic carbocycles. The topological polar surface area (TPSA) is 79.2 Å². The standard InChI is InChI=1S/C26H31F3O5/c1-14-19-5-3-4-6-20(19)17(11-16-7-9-18(10-8-16)34-26(27,28)29)12-21(14)25-15(2)23(31)24(32)22(13-30)33-25/h7-10,12,15,22-25,30-32H,3-6,11,13H2,1-2H3/t15?,22-,23-,24-,25-/m1/s1. The van der Waals surface area contributed by atoms with Crippen LogP contribution in [0.3, 0.4) is 0 Å². The van der Waals surface area contributed by atoms with Gasteiger partial charge < -0.3 is 24.8 Å². The first kappa shape index (κ1) is 25.0. The minimum absolute atomic E-state index is 0.255. The van der Waals surface area contributed by atoms with Crippen molar-refractivity contribution >= 4 is 0 Å². The third-order valence-corrected chi connectivity index (χ3v) is 7.18. The van der Waals surface area contributed by atoms with Gasteiger partial charge in [-0.25, -0.2) is 0 Å². The summed E-state index contributed by atoms with van der Waals surface area (Å²) in [5, 5.41) is 30.5. The number of benzene rings is 2. The molecule has 0 aromatic heterocycles. The molecule has 3 N–H and O–H groups in total. The van der Waals surface area contributed by atoms with E-state index in [9.17, 15) is 28.5 Å². The van der Waals surface area contributed by atoms with Gasteiger partial charge in [0, 0.05) is 5.92 Å². The summed E-state index contributed by atoms with van der Waals surface area (Å²) in [6.07, 6.45) is -3.75. The van der Waals surface area contributed by atoms with Crippen molar-refractivity contribution in [3.8, 4) is 5.75 Å². The third kappa shape index (κ3) is 5.10. The summed E-state index contributed by atoms with van der Waals surface area (Å²) >= 11 is 0. The molecule has 8 heteroatoms. The van der Waals surface area contributed by atoms with Crippen molar-refractivity contribution in [2.75, 3.05) is 6.61 Å². The number of hydrogen-bond donors (Lipinski definition) is 3. The van der Waals surface area contributed by atoms with Gasteiger partial charge in [0.2, 0.25) is 0 Å². The molecule has 1 aliphatic heterocycles. The van der Waals surface area contributed by atoms with Crippen molar-refractivity contribution < 1.29 is 38.0 Å². The van der Waals surface area contributed by atoms with Crippen molar-refractivity contribution in [2.24, 2.45) is 5.92 Å². The van der Waals surface area contributed by atoms with E-state index in [2.05, 4.69) is 10.8 Å². The average Bonchev–Trinajstić information content (AvgIpc) is 2.80. The number of aliphatic hydroxyl groups excluding tert-OH is 3. The Hall–Kier alpha value is -2.13. The van der Waals surface area contributed by atoms with E-state index in [1.807, 2.05) is 13.8 Å². The van der Waals surface area contributed by atoms with Crippen LogP contribution in [0.25, 0.3) is 0 Å². The number of ether oxygens (including phenoxy) is 2. The zero-order valence-corrected chi connectivity index (χ0v) is 19.3. The maximum atomic E-state index is 12.5. The van der Waals surface area contributed by atoms with E-state index in [1.54, 1.807) is 12.1 Å². The molecule has 0 amide bonds. The molecule has 1 saturated heterocycles. The third-order valence-electron chi connectivity index (χ3n) is 7.18. The highest BCUT2D eigenvalue weighted by Gasteiger charge is 2.43. The van der Waals surface area contributed by atoms with Gasteiger partial charge in [-0.15, -0.1) is 13.2 Å². The summed E-state index contributed by atoms with van der Waals surface area (Å²) < 4.78 is 47.5. The van der Waals surface area contributed by atoms with E-state index in [0.29, 0.717) is 6.42 Å². The fourth-order valence-electron chi connectivity index (χ4n) is 5.32. The Labute approximate surface area is 197 Å². The lowest BCUT2D eigenvalue weighted by Gasteiger charge is -2.42. The van der Waals surface area contributed by atoms with Crippen LogP contribution < -0.4 is 4.74 Å². The number of fused-ring (bicyclic) bond motifs is 1. The first-order valence-corrected chi connectivity index (χ1v) is 11.7. The van der Waals surface area contributed by atoms with Crippen LogP contribution in [0.5, 0.6) is 5.75 Å². The molecule has 1 heterocycles. The smallest absolute Gasteiger partial charge is 0.406 e. The van der Waals surface area contributed by atoms with E-state index < -0.39 is 37.4 Å². The van der Waals surface area contributed by atoms with Gasteiger partial charge in [0.15, 0.2) is 0 Å². The van der Waals surface area contributed by atoms with Gasteiger partial charge in [-0.1, -0.05) is 25.1 Å². The van der Waals surface area contributed by atoms with Crippen LogP contribution in [0.4, 0.5) is 13.2 Å². The van der Waals surface area contributed by atoms with Crippen LogP contribution in [0.1, 0.15) is 59.3 Å². The molecule has 2 aromatic carbocycles. The predicted octanol–water partition coefficient (Wildman–Crippen LogP) is 4.15. The summed E-state index contributed by atoms with van der Waals surface area (Å²) in [4.78, 5) is 0. The van der Waals surface area contributed by atoms with Crippen molar-refractivity contribution in [2.45, 2.75) is 76.7 Å². The Morgan fingerprint density at radius 3 is 2.29 bits per heavy atom. The molecule has 5 atom stereocenters. The molecule has 0 radical (unpaired) electrons. The molecule has 0 saturated carbocycles. The van der Waals surface area contributed by atoms with E-state index in [-0.39, 0.29) is 11.7 Å². The molecule has 0 spiro atoms. The van der Waals surface area contributed by atoms with Gasteiger partial charge in [0.25, 0.3) is 0 Å². The number of hydrogen-bond acceptors (Lipinski definition) is 5. The molecule has 186 valence electrons. The predicted molar refractivity (Wildman–Crippen MR) is 120 cm³/mol. The van der Waals surface area contributed by atoms with Crippen LogP contribution in [0, 0.1) is 12.8 Å². The first-order valence-electron chi connectivity index (χ1n) is 11.7. The van der Waals surface area contributed by atoms with Gasteiger partial charge in [-0.05, 0) is 84.5 Å². The molecular weight excluding hydrogens is 449 g/mol. The summed E-state index contributed by atoms with van der Waals surface area (Å²) in [6, 6.07) is 7.98. The van der Waals surface area contributed by atoms with Crippen molar-refractivity contribution in [3.63, 3.8) is 0 Å². The Balaban J connectivity index is 1.69. The lowest BCUT2D eigenvalue weighted by Crippen LogP contribution is -2.51. The SMILES string of the molecule is Cc1c([C@@H]2O[C@H](CO)[C@@H](O)[C@H](O)C2C)cc(Cc2ccc(OC(F)(F)F)cc2)c2c1CCCC2. The molecule has 1 unspecified atom stereocenters. The summed E-state index contributed by atoms with van der Waals surface area (Å²) in [5.41, 5.74) is 6.49. The molecule has 5 nitrogen and oxygen atoms in total. The lowest BCUT2D eigenvalue weighted by atomic mass is 9.77. The van der Waals surface area contributed by atoms with Crippen molar-refractivity contribution in [1.29, 1.82) is 0 Å². The van der Waals surface area contributed by atoms with Gasteiger partial charge in [0.1, 0.15) is 18.0 Å². The van der Waals surface area contributed by atoms with E-state index >= 15 is 0 Å². The van der Waals surface area contributed by atoms with Gasteiger partial charge in [-0.2, -0.15) is 0 Å². The van der Waals surface area contributed by atoms with Crippen LogP contribution >= 0.6 is 0 Å². The average molecular weight is 481 g/mol. The Morgan fingerprint density at radius 2 is 1.68 bits per heavy atom. The van der Waals surface area contributed by atoms with Crippen molar-refractivity contribution in [1.82, 2.24) is 0 Å². The lowest BCUT2D eigenvalue weighted by molar-refractivity contribution is -0.274. The molecular formula is C26H31F3O5. The molecule has 4 rings (SSSR count). The van der Waals surface area contributed by atoms with E-state index in [1.165, 1.54) is 23.3 Å². The number of halogens is 3. The zero-order valence-electron chi connectivity index (χ0n) is 19.3. The second-order valence-electron chi connectivity index (χ2n) is 9.40. The van der Waals surface area contributed by atoms with E-state index in [4.69, 9.17) is 4.74 Å². The van der Waals surface area contributed by atoms with Gasteiger partial charge >= 0.3 is 6.36 Å². The maximum absolute atomic E-state index is 12.5. The number of rotatable bonds is 5. The highest BCUT2D eigenvalue weighted by molar-refractivity contribution is 5.50. The largest absolute Gasteiger partial charge is 0.573 e. The Bertz CT molecular complexity index is 1000. The van der Waals surface area contributed by atoms with Crippen LogP contribution in [-0.4, -0.2) is 46.6 Å². The molecule has 2 aliphatic rings. The van der Waals surface area contributed by atoms with Crippen LogP contribution in [-0.2, 0) is 24.0 Å². The number of aliphatic hydroxyl groups is 3. The van der Waals surface area contributed by atoms with E-state index in [0.717, 1.165) is 47.9 Å². The highest BCUT2D eigenvalue weighted by atomic mass is 19.4. The fourth-order valence-corrected chi connectivity index (χ4v) is 5.32. The molecule has 1 fully saturated rings. The monoisotopic (exact) mass is 480 g/mol. The van der Waals surface area contributed by atoms with Crippen LogP contribution in [0.2, 0.25) is 0 Å². The van der Waals surface area contributed by atoms with Gasteiger partial charge in [0.05, 0.1) is 18.8 Å². The second kappa shape index (κ2) is 9.85. The zero-order chi connectivity index (χ0) is 24.6. The first-order chi connectivity index (χ1) is 16.1. The minimum atomic E-state index is -4.73. The molecule has 34 heavy (non-hydrogen) atoms. The quantitative estimate of drug-likeness (QED) is 0.599. The summed E-state index contributed by atoms with van der Waals surface area (Å²) in [7, 11) is 0. The molecule has 2 aromatic rings.